The van der Waals surface area contributed by atoms with E-state index >= 15 is 0 Å². The van der Waals surface area contributed by atoms with Crippen molar-refractivity contribution < 1.29 is 9.90 Å². The zero-order valence-corrected chi connectivity index (χ0v) is 3.47. The summed E-state index contributed by atoms with van der Waals surface area (Å²) in [7, 11) is 0. The van der Waals surface area contributed by atoms with E-state index in [1.165, 1.54) is 6.08 Å². The lowest BCUT2D eigenvalue weighted by atomic mass is 10.5. The molecule has 0 unspecified atom stereocenters. The number of allylic oxidation sites excluding steroid dienone is 1. The van der Waals surface area contributed by atoms with E-state index in [4.69, 9.17) is 0 Å². The van der Waals surface area contributed by atoms with Crippen molar-refractivity contribution in [1.82, 2.24) is 0 Å². The molecular weight excluding hydrogens is 80.0 g/mol. The number of carbonyl (C=O) groups is 1. The molecule has 0 fully saturated rings. The fourth-order valence-corrected chi connectivity index (χ4v) is 0.136. The minimum absolute atomic E-state index is 0.972. The smallest absolute Gasteiger partial charge is 0.0639 e. The van der Waals surface area contributed by atoms with E-state index in [1.54, 1.807) is 6.92 Å². The predicted octanol–water partition coefficient (Wildman–Crippen LogP) is -0.688. The predicted molar refractivity (Wildman–Crippen MR) is 19.8 cm³/mol. The van der Waals surface area contributed by atoms with Crippen LogP contribution in [0.1, 0.15) is 6.92 Å². The van der Waals surface area contributed by atoms with Crippen LogP contribution in [0.2, 0.25) is 0 Å². The number of aliphatic carboxylic acids is 1. The molecule has 0 rings (SSSR count). The lowest BCUT2D eigenvalue weighted by Crippen LogP contribution is -2.18. The summed E-state index contributed by atoms with van der Waals surface area (Å²) in [4.78, 5) is 9.40. The highest BCUT2D eigenvalue weighted by molar-refractivity contribution is 5.77. The lowest BCUT2D eigenvalue weighted by Gasteiger charge is -1.83. The maximum Gasteiger partial charge on any atom is 0.0639 e. The third-order valence-electron chi connectivity index (χ3n) is 0.303. The number of hydrogen-bond acceptors (Lipinski definition) is 2. The van der Waals surface area contributed by atoms with Gasteiger partial charge < -0.3 is 9.90 Å². The summed E-state index contributed by atoms with van der Waals surface area (Å²) in [6.45, 7) is 1.62. The third kappa shape index (κ3) is 3.21. The summed E-state index contributed by atoms with van der Waals surface area (Å²) in [6.07, 6.45) is 2.38. The number of hydrogen-bond donors (Lipinski definition) is 0. The van der Waals surface area contributed by atoms with Gasteiger partial charge in [-0.3, -0.25) is 0 Å². The second-order valence-corrected chi connectivity index (χ2v) is 0.819. The molecule has 0 aliphatic carbocycles. The summed E-state index contributed by atoms with van der Waals surface area (Å²) in [5.74, 6) is -1.14. The van der Waals surface area contributed by atoms with Gasteiger partial charge in [-0.2, -0.15) is 0 Å². The zero-order chi connectivity index (χ0) is 4.99. The molecule has 34 valence electrons. The SMILES string of the molecule is C/C=C/C(=O)[O-]. The Kier molecular flexibility index (Phi) is 2.13. The quantitative estimate of drug-likeness (QED) is 0.395. The van der Waals surface area contributed by atoms with Crippen LogP contribution in [0.3, 0.4) is 0 Å². The average Bonchev–Trinajstić information content (AvgIpc) is 1.35. The molecule has 2 heteroatoms. The van der Waals surface area contributed by atoms with E-state index in [-0.39, 0.29) is 0 Å². The van der Waals surface area contributed by atoms with Crippen LogP contribution in [0.25, 0.3) is 0 Å². The summed E-state index contributed by atoms with van der Waals surface area (Å²) in [5.41, 5.74) is 0. The van der Waals surface area contributed by atoms with Crippen LogP contribution < -0.4 is 5.11 Å². The molecule has 0 heterocycles. The molecule has 0 aromatic rings. The van der Waals surface area contributed by atoms with Crippen LogP contribution in [0.4, 0.5) is 0 Å². The normalized spacial score (nSPS) is 9.50. The summed E-state index contributed by atoms with van der Waals surface area (Å²) >= 11 is 0. The first kappa shape index (κ1) is 5.21. The fraction of sp³-hybridized carbons (Fsp3) is 0.250. The van der Waals surface area contributed by atoms with Gasteiger partial charge in [0, 0.05) is 0 Å². The highest BCUT2D eigenvalue weighted by atomic mass is 16.4. The molecule has 6 heavy (non-hydrogen) atoms. The highest BCUT2D eigenvalue weighted by Crippen LogP contribution is 1.61. The van der Waals surface area contributed by atoms with Gasteiger partial charge in [0.15, 0.2) is 0 Å². The van der Waals surface area contributed by atoms with Crippen molar-refractivity contribution in [3.05, 3.63) is 12.2 Å². The highest BCUT2D eigenvalue weighted by Gasteiger charge is 1.61. The van der Waals surface area contributed by atoms with Crippen LogP contribution in [-0.2, 0) is 4.79 Å². The molecule has 0 aromatic heterocycles. The molecule has 0 bridgehead atoms. The van der Waals surface area contributed by atoms with E-state index < -0.39 is 5.97 Å². The van der Waals surface area contributed by atoms with Gasteiger partial charge in [-0.05, 0) is 13.0 Å². The summed E-state index contributed by atoms with van der Waals surface area (Å²) in [5, 5.41) is 9.40. The van der Waals surface area contributed by atoms with E-state index in [2.05, 4.69) is 0 Å². The molecule has 0 radical (unpaired) electrons. The van der Waals surface area contributed by atoms with Crippen molar-refractivity contribution in [3.8, 4) is 0 Å². The third-order valence-corrected chi connectivity index (χ3v) is 0.303. The van der Waals surface area contributed by atoms with Gasteiger partial charge in [-0.1, -0.05) is 6.08 Å². The number of rotatable bonds is 1. The van der Waals surface area contributed by atoms with Gasteiger partial charge in [0.05, 0.1) is 5.97 Å². The van der Waals surface area contributed by atoms with Crippen LogP contribution in [0.15, 0.2) is 12.2 Å². The Morgan fingerprint density at radius 3 is 2.33 bits per heavy atom. The average molecular weight is 85.1 g/mol. The minimum atomic E-state index is -1.14. The first-order chi connectivity index (χ1) is 2.77. The molecule has 0 spiro atoms. The first-order valence-corrected chi connectivity index (χ1v) is 1.61. The molecule has 0 N–H and O–H groups in total. The monoisotopic (exact) mass is 85.0 g/mol. The van der Waals surface area contributed by atoms with Crippen LogP contribution >= 0.6 is 0 Å². The molecule has 0 atom stereocenters. The Hall–Kier alpha value is -0.790. The van der Waals surface area contributed by atoms with Gasteiger partial charge in [0.25, 0.3) is 0 Å². The maximum atomic E-state index is 9.40. The molecule has 0 aliphatic heterocycles. The molecule has 0 saturated heterocycles. The minimum Gasteiger partial charge on any atom is -0.545 e. The van der Waals surface area contributed by atoms with Gasteiger partial charge >= 0.3 is 0 Å². The molecule has 0 aliphatic rings. The van der Waals surface area contributed by atoms with E-state index in [9.17, 15) is 9.90 Å². The summed E-state index contributed by atoms with van der Waals surface area (Å²) < 4.78 is 0. The van der Waals surface area contributed by atoms with Gasteiger partial charge in [-0.15, -0.1) is 0 Å². The van der Waals surface area contributed by atoms with Crippen molar-refractivity contribution >= 4 is 5.97 Å². The van der Waals surface area contributed by atoms with E-state index in [1.807, 2.05) is 0 Å². The Balaban J connectivity index is 3.30. The standard InChI is InChI=1S/C4H6O2/c1-2-3-4(5)6/h2-3H,1H3,(H,5,6)/p-1/b3-2+. The maximum absolute atomic E-state index is 9.40. The second kappa shape index (κ2) is 2.45. The van der Waals surface area contributed by atoms with Crippen molar-refractivity contribution in [1.29, 1.82) is 0 Å². The van der Waals surface area contributed by atoms with Crippen LogP contribution in [-0.4, -0.2) is 5.97 Å². The van der Waals surface area contributed by atoms with Crippen molar-refractivity contribution in [2.24, 2.45) is 0 Å². The lowest BCUT2D eigenvalue weighted by molar-refractivity contribution is -0.297. The first-order valence-electron chi connectivity index (χ1n) is 1.61. The van der Waals surface area contributed by atoms with Gasteiger partial charge in [0.2, 0.25) is 0 Å². The largest absolute Gasteiger partial charge is 0.545 e. The molecular formula is C4H5O2-. The van der Waals surface area contributed by atoms with Crippen LogP contribution in [0, 0.1) is 0 Å². The zero-order valence-electron chi connectivity index (χ0n) is 3.47. The number of carboxylic acid groups (broad SMARTS) is 1. The Morgan fingerprint density at radius 2 is 2.33 bits per heavy atom. The van der Waals surface area contributed by atoms with Crippen molar-refractivity contribution in [2.45, 2.75) is 6.92 Å². The molecule has 0 amide bonds. The summed E-state index contributed by atoms with van der Waals surface area (Å²) in [6, 6.07) is 0. The molecule has 2 nitrogen and oxygen atoms in total. The Bertz CT molecular complexity index is 73.6. The Morgan fingerprint density at radius 1 is 1.83 bits per heavy atom. The molecule has 0 aromatic carbocycles. The van der Waals surface area contributed by atoms with E-state index in [0.29, 0.717) is 0 Å². The Labute approximate surface area is 36.1 Å². The number of carboxylic acids is 1. The van der Waals surface area contributed by atoms with Crippen molar-refractivity contribution in [3.63, 3.8) is 0 Å². The van der Waals surface area contributed by atoms with Crippen LogP contribution in [0.5, 0.6) is 0 Å². The second-order valence-electron chi connectivity index (χ2n) is 0.819. The molecule has 0 saturated carbocycles. The van der Waals surface area contributed by atoms with Crippen molar-refractivity contribution in [2.75, 3.05) is 0 Å². The van der Waals surface area contributed by atoms with Gasteiger partial charge in [-0.25, -0.2) is 0 Å². The van der Waals surface area contributed by atoms with E-state index in [0.717, 1.165) is 6.08 Å². The topological polar surface area (TPSA) is 40.1 Å². The number of carbonyl (C=O) groups excluding carboxylic acids is 1. The fourth-order valence-electron chi connectivity index (χ4n) is 0.136. The van der Waals surface area contributed by atoms with Gasteiger partial charge in [0.1, 0.15) is 0 Å².